The molecule has 5 nitrogen and oxygen atoms in total. The fraction of sp³-hybridized carbons (Fsp3) is 0.273. The van der Waals surface area contributed by atoms with Crippen LogP contribution in [0.5, 0.6) is 5.75 Å². The third-order valence-corrected chi connectivity index (χ3v) is 5.32. The fourth-order valence-corrected chi connectivity index (χ4v) is 3.57. The van der Waals surface area contributed by atoms with Crippen molar-refractivity contribution >= 4 is 41.3 Å². The zero-order valence-electron chi connectivity index (χ0n) is 16.5. The van der Waals surface area contributed by atoms with Gasteiger partial charge in [0.1, 0.15) is 5.75 Å². The van der Waals surface area contributed by atoms with Gasteiger partial charge in [0.25, 0.3) is 0 Å². The molecule has 3 rings (SSSR count). The molecule has 1 aromatic heterocycles. The Morgan fingerprint density at radius 2 is 1.76 bits per heavy atom. The zero-order valence-corrected chi connectivity index (χ0v) is 19.7. The van der Waals surface area contributed by atoms with Gasteiger partial charge in [0, 0.05) is 18.3 Å². The van der Waals surface area contributed by atoms with E-state index in [4.69, 9.17) is 10.5 Å². The maximum Gasteiger partial charge on any atom is 0.188 e. The van der Waals surface area contributed by atoms with Crippen LogP contribution < -0.4 is 15.8 Å². The van der Waals surface area contributed by atoms with Gasteiger partial charge in [0.15, 0.2) is 5.96 Å². The standard InChI is InChI=1S/C22H26N4OS.HI/c1-27-20-10-7-18(8-11-20)13-14-24-22(23)25-15-19-16-28-21(26-19)12-9-17-5-3-2-4-6-17;/h2-8,10-11,16H,9,12-15H2,1H3,(H3,23,24,25);1H. The number of nitrogens with two attached hydrogens (primary N) is 1. The van der Waals surface area contributed by atoms with E-state index in [-0.39, 0.29) is 24.0 Å². The Morgan fingerprint density at radius 1 is 1.03 bits per heavy atom. The Kier molecular flexibility index (Phi) is 9.93. The Labute approximate surface area is 193 Å². The molecular formula is C22H27IN4OS. The largest absolute Gasteiger partial charge is 0.497 e. The summed E-state index contributed by atoms with van der Waals surface area (Å²) >= 11 is 1.69. The summed E-state index contributed by atoms with van der Waals surface area (Å²) in [5, 5.41) is 6.36. The Balaban J connectivity index is 0.00000300. The van der Waals surface area contributed by atoms with Gasteiger partial charge in [-0.15, -0.1) is 35.3 Å². The topological polar surface area (TPSA) is 72.5 Å². The first-order valence-corrected chi connectivity index (χ1v) is 10.2. The molecule has 0 saturated carbocycles. The van der Waals surface area contributed by atoms with Crippen LogP contribution in [0.25, 0.3) is 0 Å². The maximum atomic E-state index is 5.97. The third kappa shape index (κ3) is 8.02. The fourth-order valence-electron chi connectivity index (χ4n) is 2.78. The van der Waals surface area contributed by atoms with Gasteiger partial charge in [-0.2, -0.15) is 0 Å². The molecule has 0 fully saturated rings. The van der Waals surface area contributed by atoms with Crippen molar-refractivity contribution in [3.05, 3.63) is 81.8 Å². The predicted octanol–water partition coefficient (Wildman–Crippen LogP) is 4.20. The van der Waals surface area contributed by atoms with Crippen LogP contribution in [0.4, 0.5) is 0 Å². The Hall–Kier alpha value is -2.13. The number of nitrogens with one attached hydrogen (secondary N) is 1. The monoisotopic (exact) mass is 522 g/mol. The van der Waals surface area contributed by atoms with Crippen LogP contribution in [0.15, 0.2) is 65.0 Å². The van der Waals surface area contributed by atoms with Gasteiger partial charge in [-0.3, -0.25) is 0 Å². The van der Waals surface area contributed by atoms with E-state index < -0.39 is 0 Å². The predicted molar refractivity (Wildman–Crippen MR) is 131 cm³/mol. The van der Waals surface area contributed by atoms with E-state index in [1.807, 2.05) is 18.2 Å². The molecule has 2 aromatic carbocycles. The Bertz CT molecular complexity index is 881. The van der Waals surface area contributed by atoms with Gasteiger partial charge >= 0.3 is 0 Å². The van der Waals surface area contributed by atoms with E-state index in [2.05, 4.69) is 57.1 Å². The second-order valence-electron chi connectivity index (χ2n) is 6.44. The molecule has 0 amide bonds. The van der Waals surface area contributed by atoms with Crippen molar-refractivity contribution < 1.29 is 4.74 Å². The third-order valence-electron chi connectivity index (χ3n) is 4.36. The van der Waals surface area contributed by atoms with Crippen molar-refractivity contribution in [3.8, 4) is 5.75 Å². The molecule has 0 spiro atoms. The highest BCUT2D eigenvalue weighted by molar-refractivity contribution is 14.0. The summed E-state index contributed by atoms with van der Waals surface area (Å²) in [5.41, 5.74) is 9.49. The first-order chi connectivity index (χ1) is 13.7. The van der Waals surface area contributed by atoms with E-state index in [9.17, 15) is 0 Å². The molecule has 3 N–H and O–H groups in total. The lowest BCUT2D eigenvalue weighted by Gasteiger charge is -2.06. The summed E-state index contributed by atoms with van der Waals surface area (Å²) in [7, 11) is 1.67. The van der Waals surface area contributed by atoms with Crippen LogP contribution >= 0.6 is 35.3 Å². The van der Waals surface area contributed by atoms with Crippen molar-refractivity contribution in [2.24, 2.45) is 10.7 Å². The maximum absolute atomic E-state index is 5.97. The van der Waals surface area contributed by atoms with E-state index in [0.717, 1.165) is 42.3 Å². The van der Waals surface area contributed by atoms with Crippen LogP contribution in [-0.2, 0) is 25.8 Å². The minimum atomic E-state index is 0. The zero-order chi connectivity index (χ0) is 19.6. The van der Waals surface area contributed by atoms with Gasteiger partial charge in [0.2, 0.25) is 0 Å². The number of aromatic nitrogens is 1. The average molecular weight is 522 g/mol. The van der Waals surface area contributed by atoms with Crippen LogP contribution in [0.2, 0.25) is 0 Å². The number of hydrogen-bond acceptors (Lipinski definition) is 4. The van der Waals surface area contributed by atoms with Crippen molar-refractivity contribution in [2.75, 3.05) is 13.7 Å². The summed E-state index contributed by atoms with van der Waals surface area (Å²) in [6.07, 6.45) is 2.83. The lowest BCUT2D eigenvalue weighted by atomic mass is 10.1. The number of aliphatic imine (C=N–C) groups is 1. The number of rotatable bonds is 9. The summed E-state index contributed by atoms with van der Waals surface area (Å²) in [6.45, 7) is 1.24. The van der Waals surface area contributed by atoms with E-state index >= 15 is 0 Å². The van der Waals surface area contributed by atoms with Gasteiger partial charge in [0.05, 0.1) is 24.4 Å². The number of thiazole rings is 1. The van der Waals surface area contributed by atoms with Crippen LogP contribution in [0.1, 0.15) is 21.8 Å². The quantitative estimate of drug-likeness (QED) is 0.251. The lowest BCUT2D eigenvalue weighted by Crippen LogP contribution is -2.33. The highest BCUT2D eigenvalue weighted by atomic mass is 127. The molecule has 29 heavy (non-hydrogen) atoms. The summed E-state index contributed by atoms with van der Waals surface area (Å²) in [6, 6.07) is 18.5. The molecule has 0 aliphatic rings. The molecule has 7 heteroatoms. The van der Waals surface area contributed by atoms with Crippen molar-refractivity contribution in [1.29, 1.82) is 0 Å². The molecule has 3 aromatic rings. The van der Waals surface area contributed by atoms with Crippen LogP contribution in [-0.4, -0.2) is 24.6 Å². The number of guanidine groups is 1. The molecule has 0 radical (unpaired) electrons. The first kappa shape index (κ1) is 23.2. The van der Waals surface area contributed by atoms with Crippen LogP contribution in [0, 0.1) is 0 Å². The highest BCUT2D eigenvalue weighted by Gasteiger charge is 2.03. The SMILES string of the molecule is COc1ccc(CCNC(N)=NCc2csc(CCc3ccccc3)n2)cc1.I. The molecule has 0 saturated heterocycles. The van der Waals surface area contributed by atoms with E-state index in [1.165, 1.54) is 11.1 Å². The first-order valence-electron chi connectivity index (χ1n) is 9.37. The minimum Gasteiger partial charge on any atom is -0.497 e. The number of methoxy groups -OCH3 is 1. The van der Waals surface area contributed by atoms with Crippen molar-refractivity contribution in [1.82, 2.24) is 10.3 Å². The number of hydrogen-bond donors (Lipinski definition) is 2. The van der Waals surface area contributed by atoms with Gasteiger partial charge < -0.3 is 15.8 Å². The highest BCUT2D eigenvalue weighted by Crippen LogP contribution is 2.14. The normalized spacial score (nSPS) is 11.0. The van der Waals surface area contributed by atoms with Gasteiger partial charge in [-0.05, 0) is 36.1 Å². The summed E-state index contributed by atoms with van der Waals surface area (Å²) in [5.74, 6) is 1.32. The number of benzene rings is 2. The molecule has 0 atom stereocenters. The number of ether oxygens (including phenoxy) is 1. The number of nitrogens with zero attached hydrogens (tertiary/aromatic N) is 2. The molecule has 0 bridgehead atoms. The second kappa shape index (κ2) is 12.4. The molecule has 0 unspecified atom stereocenters. The smallest absolute Gasteiger partial charge is 0.188 e. The van der Waals surface area contributed by atoms with Gasteiger partial charge in [-0.25, -0.2) is 9.98 Å². The summed E-state index contributed by atoms with van der Waals surface area (Å²) in [4.78, 5) is 9.05. The van der Waals surface area contributed by atoms with Crippen molar-refractivity contribution in [3.63, 3.8) is 0 Å². The number of aryl methyl sites for hydroxylation is 2. The molecule has 0 aliphatic carbocycles. The van der Waals surface area contributed by atoms with Gasteiger partial charge in [-0.1, -0.05) is 42.5 Å². The minimum absolute atomic E-state index is 0. The molecule has 1 heterocycles. The average Bonchev–Trinajstić information content (AvgIpc) is 3.20. The molecular weight excluding hydrogens is 495 g/mol. The number of halogens is 1. The lowest BCUT2D eigenvalue weighted by molar-refractivity contribution is 0.414. The van der Waals surface area contributed by atoms with Crippen molar-refractivity contribution in [2.45, 2.75) is 25.8 Å². The second-order valence-corrected chi connectivity index (χ2v) is 7.39. The molecule has 154 valence electrons. The molecule has 0 aliphatic heterocycles. The summed E-state index contributed by atoms with van der Waals surface area (Å²) < 4.78 is 5.17. The van der Waals surface area contributed by atoms with E-state index in [0.29, 0.717) is 12.5 Å². The Morgan fingerprint density at radius 3 is 2.48 bits per heavy atom. The van der Waals surface area contributed by atoms with E-state index in [1.54, 1.807) is 18.4 Å². The van der Waals surface area contributed by atoms with Crippen LogP contribution in [0.3, 0.4) is 0 Å².